The summed E-state index contributed by atoms with van der Waals surface area (Å²) in [4.78, 5) is 14.2. The molecule has 1 aromatic carbocycles. The fraction of sp³-hybridized carbons (Fsp3) is 0.533. The Kier molecular flexibility index (Phi) is 4.66. The lowest BCUT2D eigenvalue weighted by molar-refractivity contribution is -0.138. The minimum Gasteiger partial charge on any atom is -0.493 e. The van der Waals surface area contributed by atoms with Crippen LogP contribution in [0.3, 0.4) is 0 Å². The van der Waals surface area contributed by atoms with Crippen LogP contribution >= 0.6 is 0 Å². The number of nitrogens with zero attached hydrogens (tertiary/aromatic N) is 1. The first-order chi connectivity index (χ1) is 9.22. The molecule has 104 valence electrons. The summed E-state index contributed by atoms with van der Waals surface area (Å²) in [6.07, 6.45) is 2.92. The van der Waals surface area contributed by atoms with Gasteiger partial charge in [-0.3, -0.25) is 4.79 Å². The minimum atomic E-state index is -0.477. The summed E-state index contributed by atoms with van der Waals surface area (Å²) >= 11 is 0. The molecule has 1 aliphatic rings. The van der Waals surface area contributed by atoms with Gasteiger partial charge in [0.15, 0.2) is 17.6 Å². The number of methoxy groups -OCH3 is 1. The van der Waals surface area contributed by atoms with E-state index in [-0.39, 0.29) is 5.91 Å². The number of likely N-dealkylation sites (tertiary alicyclic amines) is 1. The predicted molar refractivity (Wildman–Crippen MR) is 73.5 cm³/mol. The number of carbonyl (C=O) groups is 1. The van der Waals surface area contributed by atoms with Gasteiger partial charge in [0.05, 0.1) is 7.11 Å². The zero-order valence-electron chi connectivity index (χ0n) is 11.6. The van der Waals surface area contributed by atoms with Gasteiger partial charge in [-0.15, -0.1) is 0 Å². The summed E-state index contributed by atoms with van der Waals surface area (Å²) in [7, 11) is 1.60. The number of rotatable bonds is 4. The summed E-state index contributed by atoms with van der Waals surface area (Å²) in [5.41, 5.74) is 0. The summed E-state index contributed by atoms with van der Waals surface area (Å²) in [5, 5.41) is 0. The lowest BCUT2D eigenvalue weighted by Gasteiger charge is -2.29. The number of amides is 1. The quantitative estimate of drug-likeness (QED) is 0.837. The van der Waals surface area contributed by atoms with E-state index in [2.05, 4.69) is 0 Å². The molecule has 1 atom stereocenters. The van der Waals surface area contributed by atoms with Crippen LogP contribution in [-0.2, 0) is 4.79 Å². The van der Waals surface area contributed by atoms with Gasteiger partial charge in [0.2, 0.25) is 0 Å². The molecular weight excluding hydrogens is 242 g/mol. The van der Waals surface area contributed by atoms with Gasteiger partial charge in [-0.25, -0.2) is 0 Å². The van der Waals surface area contributed by atoms with Crippen molar-refractivity contribution < 1.29 is 14.3 Å². The number of hydrogen-bond donors (Lipinski definition) is 0. The monoisotopic (exact) mass is 263 g/mol. The molecular formula is C15H21NO3. The molecule has 0 saturated carbocycles. The van der Waals surface area contributed by atoms with Crippen molar-refractivity contribution in [2.24, 2.45) is 0 Å². The highest BCUT2D eigenvalue weighted by Gasteiger charge is 2.24. The summed E-state index contributed by atoms with van der Waals surface area (Å²) in [5.74, 6) is 1.33. The van der Waals surface area contributed by atoms with Crippen LogP contribution in [-0.4, -0.2) is 37.1 Å². The lowest BCUT2D eigenvalue weighted by Crippen LogP contribution is -2.43. The van der Waals surface area contributed by atoms with E-state index >= 15 is 0 Å². The Balaban J connectivity index is 1.99. The van der Waals surface area contributed by atoms with Crippen LogP contribution in [0.2, 0.25) is 0 Å². The Bertz CT molecular complexity index is 427. The van der Waals surface area contributed by atoms with Crippen LogP contribution < -0.4 is 9.47 Å². The third kappa shape index (κ3) is 3.40. The first-order valence-corrected chi connectivity index (χ1v) is 6.81. The number of para-hydroxylation sites is 2. The van der Waals surface area contributed by atoms with Gasteiger partial charge in [0.1, 0.15) is 0 Å². The Morgan fingerprint density at radius 3 is 2.42 bits per heavy atom. The molecule has 1 aromatic rings. The molecule has 1 fully saturated rings. The molecule has 4 nitrogen and oxygen atoms in total. The summed E-state index contributed by atoms with van der Waals surface area (Å²) in [6, 6.07) is 7.39. The van der Waals surface area contributed by atoms with Crippen LogP contribution in [0.1, 0.15) is 26.2 Å². The number of carbonyl (C=O) groups excluding carboxylic acids is 1. The molecule has 19 heavy (non-hydrogen) atoms. The van der Waals surface area contributed by atoms with Crippen LogP contribution in [0, 0.1) is 0 Å². The van der Waals surface area contributed by atoms with E-state index in [0.717, 1.165) is 25.9 Å². The van der Waals surface area contributed by atoms with Gasteiger partial charge >= 0.3 is 0 Å². The molecule has 1 aliphatic heterocycles. The number of benzene rings is 1. The lowest BCUT2D eigenvalue weighted by atomic mass is 10.1. The molecule has 0 aliphatic carbocycles. The second-order valence-electron chi connectivity index (χ2n) is 4.80. The number of hydrogen-bond acceptors (Lipinski definition) is 3. The molecule has 0 bridgehead atoms. The van der Waals surface area contributed by atoms with Gasteiger partial charge in [-0.1, -0.05) is 12.1 Å². The normalized spacial score (nSPS) is 16.8. The topological polar surface area (TPSA) is 38.8 Å². The van der Waals surface area contributed by atoms with Crippen LogP contribution in [0.5, 0.6) is 11.5 Å². The van der Waals surface area contributed by atoms with Crippen molar-refractivity contribution >= 4 is 5.91 Å². The highest BCUT2D eigenvalue weighted by atomic mass is 16.5. The second-order valence-corrected chi connectivity index (χ2v) is 4.80. The van der Waals surface area contributed by atoms with E-state index in [0.29, 0.717) is 11.5 Å². The Morgan fingerprint density at radius 1 is 1.16 bits per heavy atom. The molecule has 0 radical (unpaired) electrons. The Morgan fingerprint density at radius 2 is 1.79 bits per heavy atom. The molecule has 0 aromatic heterocycles. The fourth-order valence-corrected chi connectivity index (χ4v) is 2.33. The van der Waals surface area contributed by atoms with Gasteiger partial charge < -0.3 is 14.4 Å². The highest BCUT2D eigenvalue weighted by Crippen LogP contribution is 2.27. The zero-order valence-corrected chi connectivity index (χ0v) is 11.6. The fourth-order valence-electron chi connectivity index (χ4n) is 2.33. The maximum absolute atomic E-state index is 12.3. The van der Waals surface area contributed by atoms with Crippen molar-refractivity contribution in [3.8, 4) is 11.5 Å². The van der Waals surface area contributed by atoms with Gasteiger partial charge in [-0.2, -0.15) is 0 Å². The van der Waals surface area contributed by atoms with E-state index in [4.69, 9.17) is 9.47 Å². The van der Waals surface area contributed by atoms with E-state index in [1.54, 1.807) is 14.0 Å². The van der Waals surface area contributed by atoms with Gasteiger partial charge in [0, 0.05) is 13.1 Å². The van der Waals surface area contributed by atoms with E-state index in [1.807, 2.05) is 29.2 Å². The third-order valence-corrected chi connectivity index (χ3v) is 3.39. The number of ether oxygens (including phenoxy) is 2. The van der Waals surface area contributed by atoms with Crippen molar-refractivity contribution in [2.45, 2.75) is 32.3 Å². The van der Waals surface area contributed by atoms with E-state index in [9.17, 15) is 4.79 Å². The SMILES string of the molecule is COc1ccccc1O[C@@H](C)C(=O)N1CCCCC1. The smallest absolute Gasteiger partial charge is 0.263 e. The molecule has 1 saturated heterocycles. The summed E-state index contributed by atoms with van der Waals surface area (Å²) in [6.45, 7) is 3.49. The third-order valence-electron chi connectivity index (χ3n) is 3.39. The predicted octanol–water partition coefficient (Wildman–Crippen LogP) is 2.48. The molecule has 4 heteroatoms. The van der Waals surface area contributed by atoms with Crippen LogP contribution in [0.15, 0.2) is 24.3 Å². The number of piperidine rings is 1. The molecule has 0 unspecified atom stereocenters. The van der Waals surface area contributed by atoms with Crippen molar-refractivity contribution in [1.29, 1.82) is 0 Å². The van der Waals surface area contributed by atoms with E-state index in [1.165, 1.54) is 6.42 Å². The maximum atomic E-state index is 12.3. The average Bonchev–Trinajstić information content (AvgIpc) is 2.48. The largest absolute Gasteiger partial charge is 0.493 e. The van der Waals surface area contributed by atoms with Gasteiger partial charge in [-0.05, 0) is 38.3 Å². The van der Waals surface area contributed by atoms with Gasteiger partial charge in [0.25, 0.3) is 5.91 Å². The van der Waals surface area contributed by atoms with Crippen LogP contribution in [0.4, 0.5) is 0 Å². The molecule has 1 heterocycles. The van der Waals surface area contributed by atoms with Crippen molar-refractivity contribution in [3.05, 3.63) is 24.3 Å². The second kappa shape index (κ2) is 6.45. The minimum absolute atomic E-state index is 0.0607. The van der Waals surface area contributed by atoms with Crippen molar-refractivity contribution in [2.75, 3.05) is 20.2 Å². The summed E-state index contributed by atoms with van der Waals surface area (Å²) < 4.78 is 11.0. The average molecular weight is 263 g/mol. The Labute approximate surface area is 114 Å². The molecule has 2 rings (SSSR count). The molecule has 0 spiro atoms. The standard InChI is InChI=1S/C15H21NO3/c1-12(15(17)16-10-6-3-7-11-16)19-14-9-5-4-8-13(14)18-2/h4-5,8-9,12H,3,6-7,10-11H2,1-2H3/t12-/m0/s1. The van der Waals surface area contributed by atoms with E-state index < -0.39 is 6.10 Å². The maximum Gasteiger partial charge on any atom is 0.263 e. The zero-order chi connectivity index (χ0) is 13.7. The first-order valence-electron chi connectivity index (χ1n) is 6.81. The highest BCUT2D eigenvalue weighted by molar-refractivity contribution is 5.81. The molecule has 0 N–H and O–H groups in total. The van der Waals surface area contributed by atoms with Crippen molar-refractivity contribution in [3.63, 3.8) is 0 Å². The van der Waals surface area contributed by atoms with Crippen molar-refractivity contribution in [1.82, 2.24) is 4.90 Å². The van der Waals surface area contributed by atoms with Crippen LogP contribution in [0.25, 0.3) is 0 Å². The first kappa shape index (κ1) is 13.7. The Hall–Kier alpha value is -1.71. The molecule has 1 amide bonds.